The van der Waals surface area contributed by atoms with Gasteiger partial charge in [-0.3, -0.25) is 19.1 Å². The van der Waals surface area contributed by atoms with Crippen LogP contribution >= 0.6 is 11.6 Å². The van der Waals surface area contributed by atoms with Gasteiger partial charge in [0.15, 0.2) is 5.69 Å². The minimum atomic E-state index is -1.15. The minimum Gasteiger partial charge on any atom is -0.350 e. The highest BCUT2D eigenvalue weighted by Crippen LogP contribution is 2.26. The Bertz CT molecular complexity index is 1210. The third-order valence-electron chi connectivity index (χ3n) is 6.13. The summed E-state index contributed by atoms with van der Waals surface area (Å²) in [7, 11) is 1.59. The summed E-state index contributed by atoms with van der Waals surface area (Å²) in [5.41, 5.74) is 1.28. The average Bonchev–Trinajstić information content (AvgIpc) is 3.27. The summed E-state index contributed by atoms with van der Waals surface area (Å²) in [6.07, 6.45) is 0.637. The number of hydrogen-bond acceptors (Lipinski definition) is 4. The second-order valence-corrected chi connectivity index (χ2v) is 8.95. The maximum absolute atomic E-state index is 13.1. The molecule has 1 aliphatic rings. The lowest BCUT2D eigenvalue weighted by molar-refractivity contribution is -0.132. The molecule has 2 aromatic carbocycles. The molecule has 8 nitrogen and oxygen atoms in total. The second-order valence-electron chi connectivity index (χ2n) is 8.51. The van der Waals surface area contributed by atoms with Gasteiger partial charge in [-0.25, -0.2) is 0 Å². The first kappa shape index (κ1) is 23.5. The molecule has 0 unspecified atom stereocenters. The van der Waals surface area contributed by atoms with Crippen LogP contribution in [0.4, 0.5) is 0 Å². The zero-order valence-corrected chi connectivity index (χ0v) is 19.8. The maximum Gasteiger partial charge on any atom is 0.272 e. The van der Waals surface area contributed by atoms with E-state index in [0.717, 1.165) is 11.1 Å². The van der Waals surface area contributed by atoms with Gasteiger partial charge in [-0.2, -0.15) is 5.10 Å². The van der Waals surface area contributed by atoms with Gasteiger partial charge in [-0.05, 0) is 36.6 Å². The Labute approximate surface area is 202 Å². The summed E-state index contributed by atoms with van der Waals surface area (Å²) >= 11 is 5.90. The molecule has 2 heterocycles. The van der Waals surface area contributed by atoms with Crippen molar-refractivity contribution in [3.63, 3.8) is 0 Å². The van der Waals surface area contributed by atoms with Gasteiger partial charge in [-0.1, -0.05) is 54.1 Å². The van der Waals surface area contributed by atoms with E-state index in [9.17, 15) is 14.4 Å². The number of halogens is 1. The van der Waals surface area contributed by atoms with E-state index >= 15 is 0 Å². The Balaban J connectivity index is 1.42. The molecular weight excluding hydrogens is 454 g/mol. The number of likely N-dealkylation sites (N-methyl/N-ethyl adjacent to an activating group) is 1. The minimum absolute atomic E-state index is 0.141. The smallest absolute Gasteiger partial charge is 0.272 e. The van der Waals surface area contributed by atoms with Gasteiger partial charge in [-0.15, -0.1) is 0 Å². The molecule has 176 valence electrons. The van der Waals surface area contributed by atoms with Gasteiger partial charge in [0.25, 0.3) is 11.8 Å². The molecule has 1 atom stereocenters. The molecule has 34 heavy (non-hydrogen) atoms. The number of hydrogen-bond donors (Lipinski definition) is 2. The number of benzene rings is 2. The normalized spacial score (nSPS) is 17.3. The average molecular weight is 480 g/mol. The van der Waals surface area contributed by atoms with E-state index in [2.05, 4.69) is 15.7 Å². The number of rotatable bonds is 7. The molecule has 1 aromatic heterocycles. The van der Waals surface area contributed by atoms with Crippen LogP contribution in [0.15, 0.2) is 60.7 Å². The molecule has 0 saturated carbocycles. The standard InChI is InChI=1S/C25H26ClN5O3/c1-25(24(34)28-15-18-6-4-3-5-7-18)16-31-21(23(33)30(25)2)14-20(29-31)22(32)27-13-12-17-8-10-19(26)11-9-17/h3-11,14H,12-13,15-16H2,1-2H3,(H,27,32)(H,28,34)/t25-/m1/s1. The van der Waals surface area contributed by atoms with Crippen molar-refractivity contribution in [3.8, 4) is 0 Å². The molecule has 0 saturated heterocycles. The summed E-state index contributed by atoms with van der Waals surface area (Å²) in [6, 6.07) is 18.4. The molecule has 9 heteroatoms. The van der Waals surface area contributed by atoms with Gasteiger partial charge in [0.05, 0.1) is 6.54 Å². The molecule has 3 aromatic rings. The summed E-state index contributed by atoms with van der Waals surface area (Å²) in [4.78, 5) is 40.1. The van der Waals surface area contributed by atoms with Gasteiger partial charge in [0.2, 0.25) is 5.91 Å². The van der Waals surface area contributed by atoms with Crippen LogP contribution in [0, 0.1) is 0 Å². The Kier molecular flexibility index (Phi) is 6.70. The van der Waals surface area contributed by atoms with Crippen LogP contribution in [0.1, 0.15) is 39.0 Å². The van der Waals surface area contributed by atoms with Gasteiger partial charge < -0.3 is 15.5 Å². The molecule has 3 amide bonds. The lowest BCUT2D eigenvalue weighted by Gasteiger charge is -2.40. The maximum atomic E-state index is 13.1. The van der Waals surface area contributed by atoms with Gasteiger partial charge in [0, 0.05) is 31.2 Å². The largest absolute Gasteiger partial charge is 0.350 e. The van der Waals surface area contributed by atoms with Crippen molar-refractivity contribution in [2.75, 3.05) is 13.6 Å². The first-order valence-corrected chi connectivity index (χ1v) is 11.4. The Morgan fingerprint density at radius 1 is 1.06 bits per heavy atom. The Hall–Kier alpha value is -3.65. The number of amides is 3. The highest BCUT2D eigenvalue weighted by molar-refractivity contribution is 6.30. The molecule has 0 fully saturated rings. The van der Waals surface area contributed by atoms with Crippen molar-refractivity contribution >= 4 is 29.3 Å². The molecule has 0 spiro atoms. The molecule has 1 aliphatic heterocycles. The van der Waals surface area contributed by atoms with E-state index < -0.39 is 5.54 Å². The highest BCUT2D eigenvalue weighted by Gasteiger charge is 2.46. The zero-order chi connectivity index (χ0) is 24.3. The summed E-state index contributed by atoms with van der Waals surface area (Å²) < 4.78 is 1.44. The third-order valence-corrected chi connectivity index (χ3v) is 6.38. The molecule has 0 bridgehead atoms. The van der Waals surface area contributed by atoms with Gasteiger partial charge in [0.1, 0.15) is 11.2 Å². The molecule has 0 radical (unpaired) electrons. The van der Waals surface area contributed by atoms with Crippen LogP contribution in [0.3, 0.4) is 0 Å². The lowest BCUT2D eigenvalue weighted by Crippen LogP contribution is -2.62. The fourth-order valence-electron chi connectivity index (χ4n) is 3.87. The van der Waals surface area contributed by atoms with Crippen LogP contribution in [0.5, 0.6) is 0 Å². The Morgan fingerprint density at radius 2 is 1.76 bits per heavy atom. The van der Waals surface area contributed by atoms with Crippen LogP contribution in [-0.4, -0.2) is 51.5 Å². The number of nitrogens with zero attached hydrogens (tertiary/aromatic N) is 3. The number of aromatic nitrogens is 2. The predicted octanol–water partition coefficient (Wildman–Crippen LogP) is 2.67. The molecule has 4 rings (SSSR count). The first-order valence-electron chi connectivity index (χ1n) is 11.0. The molecular formula is C25H26ClN5O3. The van der Waals surface area contributed by atoms with Crippen LogP contribution < -0.4 is 10.6 Å². The highest BCUT2D eigenvalue weighted by atomic mass is 35.5. The van der Waals surface area contributed by atoms with E-state index in [0.29, 0.717) is 24.5 Å². The summed E-state index contributed by atoms with van der Waals surface area (Å²) in [6.45, 7) is 2.60. The zero-order valence-electron chi connectivity index (χ0n) is 19.0. The fraction of sp³-hybridized carbons (Fsp3) is 0.280. The van der Waals surface area contributed by atoms with E-state index in [1.54, 1.807) is 26.1 Å². The van der Waals surface area contributed by atoms with E-state index in [1.165, 1.54) is 15.6 Å². The molecule has 2 N–H and O–H groups in total. The first-order chi connectivity index (χ1) is 16.3. The van der Waals surface area contributed by atoms with E-state index in [1.807, 2.05) is 42.5 Å². The second kappa shape index (κ2) is 9.69. The SMILES string of the molecule is CN1C(=O)c2cc(C(=O)NCCc3ccc(Cl)cc3)nn2C[C@]1(C)C(=O)NCc1ccccc1. The summed E-state index contributed by atoms with van der Waals surface area (Å²) in [5.74, 6) is -1.03. The van der Waals surface area contributed by atoms with Crippen molar-refractivity contribution in [3.05, 3.63) is 88.2 Å². The fourth-order valence-corrected chi connectivity index (χ4v) is 3.99. The lowest BCUT2D eigenvalue weighted by atomic mass is 9.96. The number of carbonyl (C=O) groups is 3. The number of nitrogens with one attached hydrogen (secondary N) is 2. The van der Waals surface area contributed by atoms with Crippen molar-refractivity contribution < 1.29 is 14.4 Å². The van der Waals surface area contributed by atoms with Crippen LogP contribution in [-0.2, 0) is 24.3 Å². The Morgan fingerprint density at radius 3 is 2.47 bits per heavy atom. The predicted molar refractivity (Wildman–Crippen MR) is 129 cm³/mol. The topological polar surface area (TPSA) is 96.3 Å². The quantitative estimate of drug-likeness (QED) is 0.544. The van der Waals surface area contributed by atoms with Crippen molar-refractivity contribution in [1.82, 2.24) is 25.3 Å². The van der Waals surface area contributed by atoms with E-state index in [-0.39, 0.29) is 35.7 Å². The van der Waals surface area contributed by atoms with Crippen molar-refractivity contribution in [2.24, 2.45) is 0 Å². The third kappa shape index (κ3) is 4.82. The van der Waals surface area contributed by atoms with Crippen LogP contribution in [0.2, 0.25) is 5.02 Å². The van der Waals surface area contributed by atoms with Crippen molar-refractivity contribution in [2.45, 2.75) is 32.0 Å². The summed E-state index contributed by atoms with van der Waals surface area (Å²) in [5, 5.41) is 10.7. The van der Waals surface area contributed by atoms with E-state index in [4.69, 9.17) is 11.6 Å². The van der Waals surface area contributed by atoms with Crippen LogP contribution in [0.25, 0.3) is 0 Å². The number of fused-ring (bicyclic) bond motifs is 1. The van der Waals surface area contributed by atoms with Crippen molar-refractivity contribution in [1.29, 1.82) is 0 Å². The van der Waals surface area contributed by atoms with Gasteiger partial charge >= 0.3 is 0 Å². The number of carbonyl (C=O) groups excluding carboxylic acids is 3. The monoisotopic (exact) mass is 479 g/mol. The molecule has 0 aliphatic carbocycles.